The zero-order valence-electron chi connectivity index (χ0n) is 21.5. The Balaban J connectivity index is 2.02. The maximum Gasteiger partial charge on any atom is 0.244 e. The highest BCUT2D eigenvalue weighted by Crippen LogP contribution is 2.33. The fourth-order valence-corrected chi connectivity index (χ4v) is 6.12. The average molecular weight is 605 g/mol. The second-order valence-electron chi connectivity index (χ2n) is 9.22. The number of carbonyl (C=O) groups is 2. The molecule has 12 heteroatoms. The molecule has 0 aromatic heterocycles. The van der Waals surface area contributed by atoms with Gasteiger partial charge in [0.15, 0.2) is 0 Å². The van der Waals surface area contributed by atoms with E-state index in [4.69, 9.17) is 39.5 Å². The SMILES string of the molecule is CC[C@H](C(=O)NC1CCCC1)N(Cc1c(Cl)cccc1Cl)C(=O)CN(c1cc(Cl)ccc1OC)S(C)(=O)=O. The molecule has 1 aliphatic rings. The number of halogens is 3. The zero-order chi connectivity index (χ0) is 28.0. The van der Waals surface area contributed by atoms with Gasteiger partial charge in [-0.25, -0.2) is 8.42 Å². The number of amides is 2. The van der Waals surface area contributed by atoms with Gasteiger partial charge in [-0.1, -0.05) is 60.6 Å². The van der Waals surface area contributed by atoms with Crippen LogP contribution in [0.2, 0.25) is 15.1 Å². The Labute approximate surface area is 239 Å². The van der Waals surface area contributed by atoms with Crippen molar-refractivity contribution in [2.75, 3.05) is 24.2 Å². The third kappa shape index (κ3) is 7.46. The Morgan fingerprint density at radius 1 is 1.11 bits per heavy atom. The zero-order valence-corrected chi connectivity index (χ0v) is 24.6. The number of hydrogen-bond acceptors (Lipinski definition) is 5. The third-order valence-corrected chi connectivity index (χ3v) is 8.64. The lowest BCUT2D eigenvalue weighted by Crippen LogP contribution is -2.53. The van der Waals surface area contributed by atoms with Gasteiger partial charge in [-0.15, -0.1) is 0 Å². The van der Waals surface area contributed by atoms with Crippen molar-refractivity contribution in [1.29, 1.82) is 0 Å². The van der Waals surface area contributed by atoms with Crippen molar-refractivity contribution in [3.05, 3.63) is 57.0 Å². The Bertz CT molecular complexity index is 1250. The van der Waals surface area contributed by atoms with Gasteiger partial charge in [0.25, 0.3) is 0 Å². The van der Waals surface area contributed by atoms with Crippen LogP contribution in [0.1, 0.15) is 44.6 Å². The third-order valence-electron chi connectivity index (χ3n) is 6.57. The van der Waals surface area contributed by atoms with Gasteiger partial charge in [-0.05, 0) is 49.6 Å². The van der Waals surface area contributed by atoms with Gasteiger partial charge >= 0.3 is 0 Å². The summed E-state index contributed by atoms with van der Waals surface area (Å²) in [5.74, 6) is -0.691. The van der Waals surface area contributed by atoms with E-state index in [-0.39, 0.29) is 35.0 Å². The minimum absolute atomic E-state index is 0.0423. The van der Waals surface area contributed by atoms with E-state index < -0.39 is 28.5 Å². The quantitative estimate of drug-likeness (QED) is 0.376. The van der Waals surface area contributed by atoms with Gasteiger partial charge < -0.3 is 15.0 Å². The molecule has 1 N–H and O–H groups in total. The fraction of sp³-hybridized carbons (Fsp3) is 0.462. The van der Waals surface area contributed by atoms with Gasteiger partial charge in [-0.2, -0.15) is 0 Å². The molecule has 3 rings (SSSR count). The van der Waals surface area contributed by atoms with Gasteiger partial charge in [0.05, 0.1) is 19.1 Å². The molecule has 2 aromatic carbocycles. The molecule has 0 unspecified atom stereocenters. The molecular formula is C26H32Cl3N3O5S. The normalized spacial score (nSPS) is 14.7. The molecule has 0 aliphatic heterocycles. The number of benzene rings is 2. The first-order valence-corrected chi connectivity index (χ1v) is 15.3. The highest BCUT2D eigenvalue weighted by Gasteiger charge is 2.34. The number of sulfonamides is 1. The standard InChI is InChI=1S/C26H32Cl3N3O5S/c1-4-22(26(34)30-18-8-5-6-9-18)31(15-19-20(28)10-7-11-21(19)29)25(33)16-32(38(3,35)36)23-14-17(27)12-13-24(23)37-2/h7,10-14,18,22H,4-6,8-9,15-16H2,1-3H3,(H,30,34)/t22-/m1/s1. The Morgan fingerprint density at radius 2 is 1.74 bits per heavy atom. The number of methoxy groups -OCH3 is 1. The monoisotopic (exact) mass is 603 g/mol. The van der Waals surface area contributed by atoms with Gasteiger partial charge in [0.1, 0.15) is 18.3 Å². The summed E-state index contributed by atoms with van der Waals surface area (Å²) in [6.07, 6.45) is 5.10. The van der Waals surface area contributed by atoms with Crippen molar-refractivity contribution in [2.24, 2.45) is 0 Å². The summed E-state index contributed by atoms with van der Waals surface area (Å²) in [6.45, 7) is 1.12. The van der Waals surface area contributed by atoms with Crippen LogP contribution in [0.25, 0.3) is 0 Å². The number of hydrogen-bond donors (Lipinski definition) is 1. The Hall–Kier alpha value is -2.20. The van der Waals surface area contributed by atoms with Crippen molar-refractivity contribution < 1.29 is 22.7 Å². The van der Waals surface area contributed by atoms with E-state index in [1.165, 1.54) is 24.1 Å². The number of rotatable bonds is 11. The highest BCUT2D eigenvalue weighted by atomic mass is 35.5. The molecule has 1 fully saturated rings. The summed E-state index contributed by atoms with van der Waals surface area (Å²) in [6, 6.07) is 8.62. The van der Waals surface area contributed by atoms with E-state index >= 15 is 0 Å². The van der Waals surface area contributed by atoms with Gasteiger partial charge in [0.2, 0.25) is 21.8 Å². The number of anilines is 1. The van der Waals surface area contributed by atoms with Crippen molar-refractivity contribution in [1.82, 2.24) is 10.2 Å². The molecule has 0 saturated heterocycles. The molecule has 0 radical (unpaired) electrons. The Morgan fingerprint density at radius 3 is 2.29 bits per heavy atom. The summed E-state index contributed by atoms with van der Waals surface area (Å²) >= 11 is 19.0. The molecule has 1 saturated carbocycles. The van der Waals surface area contributed by atoms with Crippen molar-refractivity contribution in [3.8, 4) is 5.75 Å². The smallest absolute Gasteiger partial charge is 0.244 e. The van der Waals surface area contributed by atoms with Gasteiger partial charge in [-0.3, -0.25) is 13.9 Å². The first-order chi connectivity index (χ1) is 18.0. The van der Waals surface area contributed by atoms with Crippen LogP contribution in [0.5, 0.6) is 5.75 Å². The predicted molar refractivity (Wildman–Crippen MR) is 152 cm³/mol. The molecule has 2 amide bonds. The number of carbonyl (C=O) groups excluding carboxylic acids is 2. The highest BCUT2D eigenvalue weighted by molar-refractivity contribution is 7.92. The predicted octanol–water partition coefficient (Wildman–Crippen LogP) is 5.29. The van der Waals surface area contributed by atoms with Crippen LogP contribution in [0, 0.1) is 0 Å². The van der Waals surface area contributed by atoms with Crippen molar-refractivity contribution >= 4 is 62.3 Å². The minimum atomic E-state index is -3.96. The topological polar surface area (TPSA) is 96.0 Å². The van der Waals surface area contributed by atoms with E-state index in [9.17, 15) is 18.0 Å². The first-order valence-electron chi connectivity index (χ1n) is 12.3. The maximum atomic E-state index is 13.9. The lowest BCUT2D eigenvalue weighted by atomic mass is 10.1. The molecule has 0 spiro atoms. The van der Waals surface area contributed by atoms with E-state index in [1.54, 1.807) is 31.2 Å². The molecule has 0 heterocycles. The number of ether oxygens (including phenoxy) is 1. The number of nitrogens with one attached hydrogen (secondary N) is 1. The van der Waals surface area contributed by atoms with Crippen LogP contribution in [-0.4, -0.2) is 57.1 Å². The Kier molecular flexibility index (Phi) is 10.6. The first kappa shape index (κ1) is 30.3. The van der Waals surface area contributed by atoms with E-state index in [1.807, 2.05) is 0 Å². The van der Waals surface area contributed by atoms with Crippen molar-refractivity contribution in [2.45, 2.75) is 57.7 Å². The largest absolute Gasteiger partial charge is 0.495 e. The van der Waals surface area contributed by atoms with Crippen LogP contribution in [0.15, 0.2) is 36.4 Å². The molecule has 1 atom stereocenters. The molecule has 8 nitrogen and oxygen atoms in total. The molecule has 2 aromatic rings. The van der Waals surface area contributed by atoms with Crippen molar-refractivity contribution in [3.63, 3.8) is 0 Å². The fourth-order valence-electron chi connectivity index (χ4n) is 4.59. The van der Waals surface area contributed by atoms with E-state index in [2.05, 4.69) is 5.32 Å². The van der Waals surface area contributed by atoms with Crippen LogP contribution >= 0.6 is 34.8 Å². The molecule has 208 valence electrons. The minimum Gasteiger partial charge on any atom is -0.495 e. The van der Waals surface area contributed by atoms with Gasteiger partial charge in [0, 0.05) is 33.2 Å². The molecule has 38 heavy (non-hydrogen) atoms. The molecular weight excluding hydrogens is 573 g/mol. The van der Waals surface area contributed by atoms with E-state index in [0.29, 0.717) is 22.0 Å². The summed E-state index contributed by atoms with van der Waals surface area (Å²) in [7, 11) is -2.57. The summed E-state index contributed by atoms with van der Waals surface area (Å²) in [5, 5.41) is 3.98. The summed E-state index contributed by atoms with van der Waals surface area (Å²) < 4.78 is 32.0. The average Bonchev–Trinajstić information content (AvgIpc) is 3.36. The summed E-state index contributed by atoms with van der Waals surface area (Å²) in [4.78, 5) is 28.6. The maximum absolute atomic E-state index is 13.9. The lowest BCUT2D eigenvalue weighted by Gasteiger charge is -2.34. The molecule has 0 bridgehead atoms. The molecule has 1 aliphatic carbocycles. The summed E-state index contributed by atoms with van der Waals surface area (Å²) in [5.41, 5.74) is 0.567. The lowest BCUT2D eigenvalue weighted by molar-refractivity contribution is -0.140. The second-order valence-corrected chi connectivity index (χ2v) is 12.4. The van der Waals surface area contributed by atoms with Crippen LogP contribution in [-0.2, 0) is 26.2 Å². The van der Waals surface area contributed by atoms with Crippen LogP contribution in [0.4, 0.5) is 5.69 Å². The van der Waals surface area contributed by atoms with Crippen LogP contribution in [0.3, 0.4) is 0 Å². The number of nitrogens with zero attached hydrogens (tertiary/aromatic N) is 2. The second kappa shape index (κ2) is 13.2. The van der Waals surface area contributed by atoms with E-state index in [0.717, 1.165) is 36.2 Å². The van der Waals surface area contributed by atoms with Crippen LogP contribution < -0.4 is 14.4 Å².